The Balaban J connectivity index is 2.87. The van der Waals surface area contributed by atoms with E-state index in [0.717, 1.165) is 17.4 Å². The molecule has 0 bridgehead atoms. The first-order chi connectivity index (χ1) is 7.06. The van der Waals surface area contributed by atoms with Gasteiger partial charge in [0.1, 0.15) is 0 Å². The van der Waals surface area contributed by atoms with Crippen molar-refractivity contribution in [1.82, 2.24) is 4.90 Å². The monoisotopic (exact) mass is 289 g/mol. The zero-order valence-electron chi connectivity index (χ0n) is 8.76. The second-order valence-corrected chi connectivity index (χ2v) is 4.62. The molecule has 0 aliphatic heterocycles. The molecule has 1 rings (SSSR count). The van der Waals surface area contributed by atoms with Crippen molar-refractivity contribution in [2.75, 3.05) is 13.6 Å². The molecule has 2 nitrogen and oxygen atoms in total. The molecule has 0 unspecified atom stereocenters. The van der Waals surface area contributed by atoms with Crippen LogP contribution in [0.4, 0.5) is 0 Å². The van der Waals surface area contributed by atoms with Crippen LogP contribution >= 0.6 is 27.5 Å². The number of benzene rings is 1. The first kappa shape index (κ1) is 12.5. The minimum Gasteiger partial charge on any atom is -0.342 e. The van der Waals surface area contributed by atoms with Crippen molar-refractivity contribution in [3.05, 3.63) is 33.3 Å². The van der Waals surface area contributed by atoms with Crippen LogP contribution in [0.25, 0.3) is 0 Å². The molecule has 1 amide bonds. The van der Waals surface area contributed by atoms with Gasteiger partial charge in [0.2, 0.25) is 0 Å². The lowest BCUT2D eigenvalue weighted by Gasteiger charge is -2.16. The van der Waals surface area contributed by atoms with Gasteiger partial charge >= 0.3 is 0 Å². The van der Waals surface area contributed by atoms with Crippen molar-refractivity contribution in [3.8, 4) is 0 Å². The van der Waals surface area contributed by atoms with Crippen LogP contribution in [-0.2, 0) is 0 Å². The van der Waals surface area contributed by atoms with Crippen LogP contribution in [0.15, 0.2) is 22.7 Å². The minimum absolute atomic E-state index is 0.00579. The third kappa shape index (κ3) is 3.21. The van der Waals surface area contributed by atoms with Gasteiger partial charge in [0.05, 0.1) is 5.02 Å². The molecule has 0 aromatic heterocycles. The maximum absolute atomic E-state index is 11.9. The first-order valence-corrected chi connectivity index (χ1v) is 5.94. The van der Waals surface area contributed by atoms with Gasteiger partial charge < -0.3 is 4.90 Å². The summed E-state index contributed by atoms with van der Waals surface area (Å²) >= 11 is 9.21. The molecule has 0 atom stereocenters. The summed E-state index contributed by atoms with van der Waals surface area (Å²) in [5.41, 5.74) is 0.624. The summed E-state index contributed by atoms with van der Waals surface area (Å²) < 4.78 is 0.805. The Kier molecular flexibility index (Phi) is 4.61. The lowest BCUT2D eigenvalue weighted by molar-refractivity contribution is 0.0795. The van der Waals surface area contributed by atoms with Crippen LogP contribution < -0.4 is 0 Å². The average Bonchev–Trinajstić information content (AvgIpc) is 2.21. The Morgan fingerprint density at radius 3 is 2.73 bits per heavy atom. The summed E-state index contributed by atoms with van der Waals surface area (Å²) in [5.74, 6) is 0.00579. The maximum Gasteiger partial charge on any atom is 0.253 e. The number of halogens is 2. The maximum atomic E-state index is 11.9. The molecule has 0 N–H and O–H groups in total. The van der Waals surface area contributed by atoms with E-state index in [9.17, 15) is 4.79 Å². The molecule has 0 saturated heterocycles. The van der Waals surface area contributed by atoms with Crippen LogP contribution in [0.3, 0.4) is 0 Å². The van der Waals surface area contributed by atoms with E-state index in [-0.39, 0.29) is 5.91 Å². The topological polar surface area (TPSA) is 20.3 Å². The Bertz CT molecular complexity index is 368. The molecule has 0 radical (unpaired) electrons. The van der Waals surface area contributed by atoms with Gasteiger partial charge in [0, 0.05) is 23.6 Å². The summed E-state index contributed by atoms with van der Waals surface area (Å²) in [6.07, 6.45) is 0.951. The quantitative estimate of drug-likeness (QED) is 0.833. The third-order valence-electron chi connectivity index (χ3n) is 2.07. The summed E-state index contributed by atoms with van der Waals surface area (Å²) in [5, 5.41) is 0.561. The van der Waals surface area contributed by atoms with Gasteiger partial charge in [-0.15, -0.1) is 0 Å². The Hall–Kier alpha value is -0.540. The highest BCUT2D eigenvalue weighted by Gasteiger charge is 2.11. The van der Waals surface area contributed by atoms with Gasteiger partial charge in [-0.3, -0.25) is 4.79 Å². The number of carbonyl (C=O) groups excluding carboxylic acids is 1. The Labute approximate surface area is 103 Å². The second-order valence-electron chi connectivity index (χ2n) is 3.36. The SMILES string of the molecule is CCCN(C)C(=O)c1ccc(Br)c(Cl)c1. The summed E-state index contributed by atoms with van der Waals surface area (Å²) in [7, 11) is 1.79. The van der Waals surface area contributed by atoms with Gasteiger partial charge in [0.15, 0.2) is 0 Å². The van der Waals surface area contributed by atoms with Crippen LogP contribution in [0.2, 0.25) is 5.02 Å². The fourth-order valence-corrected chi connectivity index (χ4v) is 1.71. The number of rotatable bonds is 3. The largest absolute Gasteiger partial charge is 0.342 e. The molecule has 0 aliphatic rings. The van der Waals surface area contributed by atoms with Crippen molar-refractivity contribution in [2.45, 2.75) is 13.3 Å². The molecule has 0 fully saturated rings. The van der Waals surface area contributed by atoms with Crippen molar-refractivity contribution in [3.63, 3.8) is 0 Å². The van der Waals surface area contributed by atoms with E-state index >= 15 is 0 Å². The van der Waals surface area contributed by atoms with E-state index in [1.807, 2.05) is 6.92 Å². The van der Waals surface area contributed by atoms with Crippen LogP contribution in [-0.4, -0.2) is 24.4 Å². The van der Waals surface area contributed by atoms with Crippen LogP contribution in [0.5, 0.6) is 0 Å². The molecule has 0 saturated carbocycles. The molecule has 15 heavy (non-hydrogen) atoms. The molecule has 0 aliphatic carbocycles. The summed E-state index contributed by atoms with van der Waals surface area (Å²) in [6.45, 7) is 2.80. The lowest BCUT2D eigenvalue weighted by atomic mass is 10.2. The molecular formula is C11H13BrClNO. The van der Waals surface area contributed by atoms with Crippen molar-refractivity contribution in [2.24, 2.45) is 0 Å². The van der Waals surface area contributed by atoms with E-state index in [4.69, 9.17) is 11.6 Å². The van der Waals surface area contributed by atoms with E-state index in [1.54, 1.807) is 30.1 Å². The second kappa shape index (κ2) is 5.52. The van der Waals surface area contributed by atoms with E-state index < -0.39 is 0 Å². The highest BCUT2D eigenvalue weighted by Crippen LogP contribution is 2.23. The average molecular weight is 291 g/mol. The van der Waals surface area contributed by atoms with E-state index in [2.05, 4.69) is 15.9 Å². The van der Waals surface area contributed by atoms with Crippen molar-refractivity contribution >= 4 is 33.4 Å². The van der Waals surface area contributed by atoms with E-state index in [0.29, 0.717) is 10.6 Å². The predicted octanol–water partition coefficient (Wildman–Crippen LogP) is 3.58. The number of hydrogen-bond donors (Lipinski definition) is 0. The zero-order chi connectivity index (χ0) is 11.4. The predicted molar refractivity (Wildman–Crippen MR) is 66.4 cm³/mol. The van der Waals surface area contributed by atoms with Gasteiger partial charge in [-0.05, 0) is 40.5 Å². The van der Waals surface area contributed by atoms with Gasteiger partial charge in [-0.2, -0.15) is 0 Å². The molecule has 0 heterocycles. The van der Waals surface area contributed by atoms with Gasteiger partial charge in [0.25, 0.3) is 5.91 Å². The molecule has 1 aromatic rings. The highest BCUT2D eigenvalue weighted by atomic mass is 79.9. The summed E-state index contributed by atoms with van der Waals surface area (Å²) in [6, 6.07) is 5.24. The van der Waals surface area contributed by atoms with Crippen LogP contribution in [0.1, 0.15) is 23.7 Å². The number of carbonyl (C=O) groups is 1. The molecule has 82 valence electrons. The van der Waals surface area contributed by atoms with Gasteiger partial charge in [-0.25, -0.2) is 0 Å². The standard InChI is InChI=1S/C11H13BrClNO/c1-3-6-14(2)11(15)8-4-5-9(12)10(13)7-8/h4-5,7H,3,6H2,1-2H3. The van der Waals surface area contributed by atoms with Crippen molar-refractivity contribution in [1.29, 1.82) is 0 Å². The minimum atomic E-state index is 0.00579. The number of amides is 1. The molecule has 4 heteroatoms. The van der Waals surface area contributed by atoms with Crippen LogP contribution in [0, 0.1) is 0 Å². The highest BCUT2D eigenvalue weighted by molar-refractivity contribution is 9.10. The Morgan fingerprint density at radius 1 is 1.53 bits per heavy atom. The Morgan fingerprint density at radius 2 is 2.20 bits per heavy atom. The lowest BCUT2D eigenvalue weighted by Crippen LogP contribution is -2.27. The third-order valence-corrected chi connectivity index (χ3v) is 3.30. The molecule has 1 aromatic carbocycles. The first-order valence-electron chi connectivity index (χ1n) is 4.76. The van der Waals surface area contributed by atoms with Crippen molar-refractivity contribution < 1.29 is 4.79 Å². The molecule has 0 spiro atoms. The fraction of sp³-hybridized carbons (Fsp3) is 0.364. The molecular weight excluding hydrogens is 277 g/mol. The normalized spacial score (nSPS) is 10.1. The van der Waals surface area contributed by atoms with E-state index in [1.165, 1.54) is 0 Å². The zero-order valence-corrected chi connectivity index (χ0v) is 11.1. The number of nitrogens with zero attached hydrogens (tertiary/aromatic N) is 1. The smallest absolute Gasteiger partial charge is 0.253 e. The van der Waals surface area contributed by atoms with Gasteiger partial charge in [-0.1, -0.05) is 18.5 Å². The summed E-state index contributed by atoms with van der Waals surface area (Å²) in [4.78, 5) is 13.5. The fourth-order valence-electron chi connectivity index (χ4n) is 1.29. The number of hydrogen-bond acceptors (Lipinski definition) is 1.